The van der Waals surface area contributed by atoms with Gasteiger partial charge < -0.3 is 4.84 Å². The predicted octanol–water partition coefficient (Wildman–Crippen LogP) is 2.09. The Bertz CT molecular complexity index is 52.0. The minimum absolute atomic E-state index is 0.681. The average molecular weight is 145 g/mol. The lowest BCUT2D eigenvalue weighted by atomic mass is 10.00. The molecule has 0 aromatic heterocycles. The molecule has 0 amide bonds. The molecule has 0 aromatic carbocycles. The van der Waals surface area contributed by atoms with E-state index in [1.165, 1.54) is 25.7 Å². The van der Waals surface area contributed by atoms with Gasteiger partial charge in [0.15, 0.2) is 0 Å². The maximum absolute atomic E-state index is 4.99. The van der Waals surface area contributed by atoms with Crippen LogP contribution in [0.1, 0.15) is 39.5 Å². The van der Waals surface area contributed by atoms with Crippen molar-refractivity contribution in [3.05, 3.63) is 0 Å². The molecule has 2 nitrogen and oxygen atoms in total. The van der Waals surface area contributed by atoms with Crippen molar-refractivity contribution in [2.45, 2.75) is 39.5 Å². The zero-order valence-corrected chi connectivity index (χ0v) is 7.10. The smallest absolute Gasteiger partial charge is 0.0707 e. The predicted molar refractivity (Wildman–Crippen MR) is 43.4 cm³/mol. The van der Waals surface area contributed by atoms with Crippen LogP contribution >= 0.6 is 0 Å². The lowest BCUT2D eigenvalue weighted by Gasteiger charge is -2.12. The summed E-state index contributed by atoms with van der Waals surface area (Å²) in [4.78, 5) is 4.61. The van der Waals surface area contributed by atoms with Gasteiger partial charge in [0.05, 0.1) is 6.61 Å². The normalized spacial score (nSPS) is 10.8. The molecule has 0 aliphatic rings. The lowest BCUT2D eigenvalue weighted by Crippen LogP contribution is -2.12. The van der Waals surface area contributed by atoms with E-state index in [2.05, 4.69) is 18.7 Å². The maximum atomic E-state index is 4.99. The van der Waals surface area contributed by atoms with Gasteiger partial charge in [0, 0.05) is 0 Å². The zero-order chi connectivity index (χ0) is 7.82. The van der Waals surface area contributed by atoms with E-state index in [0.29, 0.717) is 5.92 Å². The summed E-state index contributed by atoms with van der Waals surface area (Å²) in [6.07, 6.45) is 4.94. The molecule has 0 fully saturated rings. The molecular weight excluding hydrogens is 126 g/mol. The van der Waals surface area contributed by atoms with Gasteiger partial charge in [-0.25, -0.2) is 5.90 Å². The topological polar surface area (TPSA) is 35.2 Å². The molecule has 0 saturated heterocycles. The Morgan fingerprint density at radius 3 is 2.00 bits per heavy atom. The molecule has 2 heteroatoms. The molecule has 0 unspecified atom stereocenters. The number of rotatable bonds is 6. The number of hydrogen-bond donors (Lipinski definition) is 1. The standard InChI is InChI=1S/C8H19NO/c1-3-5-8(6-4-2)7-10-9/h8H,3-7,9H2,1-2H3. The Balaban J connectivity index is 3.30. The molecule has 62 valence electrons. The molecule has 0 aliphatic heterocycles. The first kappa shape index (κ1) is 9.92. The van der Waals surface area contributed by atoms with Crippen LogP contribution in [-0.2, 0) is 4.84 Å². The molecule has 0 atom stereocenters. The van der Waals surface area contributed by atoms with Crippen molar-refractivity contribution >= 4 is 0 Å². The first-order chi connectivity index (χ1) is 4.85. The van der Waals surface area contributed by atoms with Crippen LogP contribution in [-0.4, -0.2) is 6.61 Å². The Kier molecular flexibility index (Phi) is 6.98. The Morgan fingerprint density at radius 2 is 1.70 bits per heavy atom. The van der Waals surface area contributed by atoms with Gasteiger partial charge in [-0.15, -0.1) is 0 Å². The molecule has 0 saturated carbocycles. The van der Waals surface area contributed by atoms with Crippen LogP contribution in [0.4, 0.5) is 0 Å². The van der Waals surface area contributed by atoms with Crippen molar-refractivity contribution in [2.75, 3.05) is 6.61 Å². The van der Waals surface area contributed by atoms with Crippen LogP contribution < -0.4 is 5.90 Å². The summed E-state index contributed by atoms with van der Waals surface area (Å²) in [5.74, 6) is 5.67. The highest BCUT2D eigenvalue weighted by Crippen LogP contribution is 2.12. The van der Waals surface area contributed by atoms with Crippen LogP contribution in [0.25, 0.3) is 0 Å². The molecule has 0 aromatic rings. The van der Waals surface area contributed by atoms with Crippen LogP contribution in [0.15, 0.2) is 0 Å². The van der Waals surface area contributed by atoms with Crippen molar-refractivity contribution in [1.82, 2.24) is 0 Å². The summed E-state index contributed by atoms with van der Waals surface area (Å²) in [7, 11) is 0. The summed E-state index contributed by atoms with van der Waals surface area (Å²) >= 11 is 0. The first-order valence-electron chi connectivity index (χ1n) is 4.16. The summed E-state index contributed by atoms with van der Waals surface area (Å²) in [5, 5.41) is 0. The second-order valence-electron chi connectivity index (χ2n) is 2.78. The summed E-state index contributed by atoms with van der Waals surface area (Å²) < 4.78 is 0. The van der Waals surface area contributed by atoms with E-state index < -0.39 is 0 Å². The van der Waals surface area contributed by atoms with Crippen molar-refractivity contribution in [3.63, 3.8) is 0 Å². The van der Waals surface area contributed by atoms with Gasteiger partial charge in [-0.1, -0.05) is 26.7 Å². The summed E-state index contributed by atoms with van der Waals surface area (Å²) in [6.45, 7) is 5.11. The molecule has 0 spiro atoms. The number of hydrogen-bond acceptors (Lipinski definition) is 2. The third-order valence-electron chi connectivity index (χ3n) is 1.73. The lowest BCUT2D eigenvalue weighted by molar-refractivity contribution is 0.0941. The second-order valence-corrected chi connectivity index (χ2v) is 2.78. The zero-order valence-electron chi connectivity index (χ0n) is 7.10. The Morgan fingerprint density at radius 1 is 1.20 bits per heavy atom. The van der Waals surface area contributed by atoms with E-state index in [1.54, 1.807) is 0 Å². The van der Waals surface area contributed by atoms with E-state index in [1.807, 2.05) is 0 Å². The Labute approximate surface area is 63.7 Å². The van der Waals surface area contributed by atoms with Crippen molar-refractivity contribution in [2.24, 2.45) is 11.8 Å². The quantitative estimate of drug-likeness (QED) is 0.581. The van der Waals surface area contributed by atoms with E-state index in [4.69, 9.17) is 5.90 Å². The molecule has 0 radical (unpaired) electrons. The first-order valence-corrected chi connectivity index (χ1v) is 4.16. The molecule has 0 rings (SSSR count). The fourth-order valence-electron chi connectivity index (χ4n) is 1.26. The van der Waals surface area contributed by atoms with Gasteiger partial charge in [0.25, 0.3) is 0 Å². The molecular formula is C8H19NO. The van der Waals surface area contributed by atoms with Gasteiger partial charge >= 0.3 is 0 Å². The molecule has 10 heavy (non-hydrogen) atoms. The van der Waals surface area contributed by atoms with Crippen LogP contribution in [0, 0.1) is 5.92 Å². The monoisotopic (exact) mass is 145 g/mol. The summed E-state index contributed by atoms with van der Waals surface area (Å²) in [5.41, 5.74) is 0. The van der Waals surface area contributed by atoms with E-state index in [0.717, 1.165) is 6.61 Å². The van der Waals surface area contributed by atoms with Gasteiger partial charge in [-0.05, 0) is 18.8 Å². The third kappa shape index (κ3) is 4.77. The number of nitrogens with two attached hydrogens (primary N) is 1. The van der Waals surface area contributed by atoms with E-state index in [-0.39, 0.29) is 0 Å². The van der Waals surface area contributed by atoms with Crippen LogP contribution in [0.2, 0.25) is 0 Å². The minimum Gasteiger partial charge on any atom is -0.304 e. The van der Waals surface area contributed by atoms with E-state index >= 15 is 0 Å². The average Bonchev–Trinajstić information content (AvgIpc) is 1.90. The fraction of sp³-hybridized carbons (Fsp3) is 1.00. The van der Waals surface area contributed by atoms with Gasteiger partial charge in [-0.2, -0.15) is 0 Å². The van der Waals surface area contributed by atoms with Gasteiger partial charge in [0.1, 0.15) is 0 Å². The highest BCUT2D eigenvalue weighted by Gasteiger charge is 2.04. The highest BCUT2D eigenvalue weighted by molar-refractivity contribution is 4.55. The van der Waals surface area contributed by atoms with Gasteiger partial charge in [0.2, 0.25) is 0 Å². The fourth-order valence-corrected chi connectivity index (χ4v) is 1.26. The summed E-state index contributed by atoms with van der Waals surface area (Å²) in [6, 6.07) is 0. The third-order valence-corrected chi connectivity index (χ3v) is 1.73. The largest absolute Gasteiger partial charge is 0.304 e. The minimum atomic E-state index is 0.681. The second kappa shape index (κ2) is 7.03. The van der Waals surface area contributed by atoms with E-state index in [9.17, 15) is 0 Å². The van der Waals surface area contributed by atoms with Crippen molar-refractivity contribution in [3.8, 4) is 0 Å². The van der Waals surface area contributed by atoms with Gasteiger partial charge in [-0.3, -0.25) is 0 Å². The molecule has 0 bridgehead atoms. The molecule has 2 N–H and O–H groups in total. The molecule has 0 heterocycles. The van der Waals surface area contributed by atoms with Crippen molar-refractivity contribution in [1.29, 1.82) is 0 Å². The SMILES string of the molecule is CCCC(CCC)CON. The molecule has 0 aliphatic carbocycles. The maximum Gasteiger partial charge on any atom is 0.0707 e. The van der Waals surface area contributed by atoms with Crippen LogP contribution in [0.3, 0.4) is 0 Å². The Hall–Kier alpha value is -0.0800. The highest BCUT2D eigenvalue weighted by atomic mass is 16.6. The van der Waals surface area contributed by atoms with Crippen molar-refractivity contribution < 1.29 is 4.84 Å². The van der Waals surface area contributed by atoms with Crippen LogP contribution in [0.5, 0.6) is 0 Å².